The zero-order valence-electron chi connectivity index (χ0n) is 9.45. The number of ether oxygens (including phenoxy) is 2. The van der Waals surface area contributed by atoms with E-state index in [2.05, 4.69) is 5.92 Å². The van der Waals surface area contributed by atoms with Crippen molar-refractivity contribution in [1.29, 1.82) is 0 Å². The molecule has 0 aromatic carbocycles. The largest absolute Gasteiger partial charge is 0.463 e. The second-order valence-corrected chi connectivity index (χ2v) is 4.50. The lowest BCUT2D eigenvalue weighted by Gasteiger charge is -2.07. The zero-order valence-corrected chi connectivity index (χ0v) is 11.0. The third-order valence-electron chi connectivity index (χ3n) is 1.68. The maximum absolute atomic E-state index is 11.1. The van der Waals surface area contributed by atoms with Crippen molar-refractivity contribution in [2.24, 2.45) is 0 Å². The van der Waals surface area contributed by atoms with Gasteiger partial charge in [0, 0.05) is 12.8 Å². The Balaban J connectivity index is 3.60. The van der Waals surface area contributed by atoms with Gasteiger partial charge in [0.2, 0.25) is 0 Å². The first-order valence-corrected chi connectivity index (χ1v) is 5.92. The first kappa shape index (κ1) is 16.1. The van der Waals surface area contributed by atoms with Gasteiger partial charge in [0.1, 0.15) is 11.4 Å². The second-order valence-electron chi connectivity index (χ2n) is 3.23. The fraction of sp³-hybridized carbons (Fsp3) is 0.636. The molecule has 17 heavy (non-hydrogen) atoms. The van der Waals surface area contributed by atoms with Crippen LogP contribution in [0.4, 0.5) is 0 Å². The number of carbonyl (C=O) groups excluding carboxylic acids is 2. The summed E-state index contributed by atoms with van der Waals surface area (Å²) in [5.41, 5.74) is 0. The van der Waals surface area contributed by atoms with Crippen molar-refractivity contribution in [3.05, 3.63) is 0 Å². The Kier molecular flexibility index (Phi) is 8.65. The quantitative estimate of drug-likeness (QED) is 0.407. The van der Waals surface area contributed by atoms with Crippen molar-refractivity contribution in [2.45, 2.75) is 37.1 Å². The maximum atomic E-state index is 11.1. The van der Waals surface area contributed by atoms with Crippen LogP contribution in [-0.4, -0.2) is 29.5 Å². The molecule has 96 valence electrons. The van der Waals surface area contributed by atoms with E-state index in [0.29, 0.717) is 6.42 Å². The van der Waals surface area contributed by atoms with E-state index >= 15 is 0 Å². The summed E-state index contributed by atoms with van der Waals surface area (Å²) in [5.74, 6) is 1.38. The van der Waals surface area contributed by atoms with Gasteiger partial charge in [0.05, 0.1) is 0 Å². The van der Waals surface area contributed by atoms with Crippen LogP contribution in [0, 0.1) is 12.3 Å². The van der Waals surface area contributed by atoms with Gasteiger partial charge in [-0.2, -0.15) is 0 Å². The molecule has 0 aromatic rings. The molecule has 0 N–H and O–H groups in total. The predicted molar refractivity (Wildman–Crippen MR) is 64.7 cm³/mol. The normalized spacial score (nSPS) is 11.7. The molecule has 0 saturated heterocycles. The molecule has 0 saturated carbocycles. The van der Waals surface area contributed by atoms with Crippen LogP contribution in [0.1, 0.15) is 26.2 Å². The summed E-state index contributed by atoms with van der Waals surface area (Å²) in [7, 11) is 0. The highest BCUT2D eigenvalue weighted by Crippen LogP contribution is 2.05. The maximum Gasteiger partial charge on any atom is 0.307 e. The van der Waals surface area contributed by atoms with Crippen molar-refractivity contribution in [3.63, 3.8) is 0 Å². The van der Waals surface area contributed by atoms with Gasteiger partial charge in [-0.05, 0) is 13.3 Å². The van der Waals surface area contributed by atoms with Crippen LogP contribution < -0.4 is 0 Å². The minimum atomic E-state index is -0.736. The first-order valence-electron chi connectivity index (χ1n) is 5.05. The summed E-state index contributed by atoms with van der Waals surface area (Å²) in [6.45, 7) is 1.54. The van der Waals surface area contributed by atoms with Gasteiger partial charge >= 0.3 is 11.9 Å². The molecule has 6 heteroatoms. The van der Waals surface area contributed by atoms with Crippen LogP contribution >= 0.6 is 23.2 Å². The molecule has 0 heterocycles. The van der Waals surface area contributed by atoms with E-state index in [-0.39, 0.29) is 19.4 Å². The number of alkyl halides is 2. The third kappa shape index (κ3) is 9.98. The van der Waals surface area contributed by atoms with E-state index in [1.165, 1.54) is 0 Å². The zero-order chi connectivity index (χ0) is 13.3. The van der Waals surface area contributed by atoms with E-state index in [1.54, 1.807) is 6.92 Å². The minimum Gasteiger partial charge on any atom is -0.463 e. The molecular weight excluding hydrogens is 267 g/mol. The molecule has 0 bridgehead atoms. The Hall–Kier alpha value is -0.920. The van der Waals surface area contributed by atoms with Crippen molar-refractivity contribution in [1.82, 2.24) is 0 Å². The van der Waals surface area contributed by atoms with E-state index in [0.717, 1.165) is 0 Å². The molecule has 0 aliphatic heterocycles. The van der Waals surface area contributed by atoms with Crippen molar-refractivity contribution < 1.29 is 19.1 Å². The van der Waals surface area contributed by atoms with Crippen molar-refractivity contribution >= 4 is 35.1 Å². The summed E-state index contributed by atoms with van der Waals surface area (Å²) in [4.78, 5) is 21.5. The summed E-state index contributed by atoms with van der Waals surface area (Å²) >= 11 is 10.7. The van der Waals surface area contributed by atoms with Crippen LogP contribution in [0.3, 0.4) is 0 Å². The fourth-order valence-electron chi connectivity index (χ4n) is 0.895. The lowest BCUT2D eigenvalue weighted by Crippen LogP contribution is -2.14. The second kappa shape index (κ2) is 9.15. The predicted octanol–water partition coefficient (Wildman–Crippen LogP) is 2.07. The smallest absolute Gasteiger partial charge is 0.307 e. The number of hydrogen-bond donors (Lipinski definition) is 0. The SMILES string of the molecule is C#CC(C)OC(=O)CCCC(=O)OCC(Cl)Cl. The highest BCUT2D eigenvalue weighted by molar-refractivity contribution is 6.44. The highest BCUT2D eigenvalue weighted by Gasteiger charge is 2.10. The molecule has 0 rings (SSSR count). The minimum absolute atomic E-state index is 0.0550. The Labute approximate surface area is 111 Å². The van der Waals surface area contributed by atoms with Gasteiger partial charge in [-0.3, -0.25) is 9.59 Å². The average Bonchev–Trinajstić information content (AvgIpc) is 2.26. The fourth-order valence-corrected chi connectivity index (χ4v) is 1.02. The highest BCUT2D eigenvalue weighted by atomic mass is 35.5. The number of rotatable bonds is 7. The molecule has 1 atom stereocenters. The number of carbonyl (C=O) groups is 2. The molecule has 4 nitrogen and oxygen atoms in total. The topological polar surface area (TPSA) is 52.6 Å². The van der Waals surface area contributed by atoms with Gasteiger partial charge in [0.15, 0.2) is 6.10 Å². The monoisotopic (exact) mass is 280 g/mol. The summed E-state index contributed by atoms with van der Waals surface area (Å²) < 4.78 is 9.51. The standard InChI is InChI=1S/C11H14Cl2O4/c1-3-8(2)17-11(15)6-4-5-10(14)16-7-9(12)13/h1,8-9H,4-7H2,2H3. The first-order chi connectivity index (χ1) is 7.95. The summed E-state index contributed by atoms with van der Waals surface area (Å²) in [6.07, 6.45) is 5.05. The van der Waals surface area contributed by atoms with E-state index in [9.17, 15) is 9.59 Å². The molecule has 0 spiro atoms. The van der Waals surface area contributed by atoms with Gasteiger partial charge in [-0.1, -0.05) is 5.92 Å². The Morgan fingerprint density at radius 1 is 1.29 bits per heavy atom. The van der Waals surface area contributed by atoms with Crippen LogP contribution in [0.2, 0.25) is 0 Å². The lowest BCUT2D eigenvalue weighted by molar-refractivity contribution is -0.146. The van der Waals surface area contributed by atoms with Crippen LogP contribution in [0.15, 0.2) is 0 Å². The number of hydrogen-bond acceptors (Lipinski definition) is 4. The molecule has 1 unspecified atom stereocenters. The van der Waals surface area contributed by atoms with Gasteiger partial charge in [-0.15, -0.1) is 29.6 Å². The number of terminal acetylenes is 1. The Morgan fingerprint density at radius 2 is 1.88 bits per heavy atom. The lowest BCUT2D eigenvalue weighted by atomic mass is 10.2. The molecular formula is C11H14Cl2O4. The molecule has 0 aliphatic rings. The number of esters is 2. The molecule has 0 amide bonds. The summed E-state index contributed by atoms with van der Waals surface area (Å²) in [5, 5.41) is 0. The third-order valence-corrected chi connectivity index (χ3v) is 1.93. The number of halogens is 2. The van der Waals surface area contributed by atoms with E-state index in [1.807, 2.05) is 0 Å². The molecule has 0 radical (unpaired) electrons. The molecule has 0 aromatic heterocycles. The average molecular weight is 281 g/mol. The van der Waals surface area contributed by atoms with Crippen molar-refractivity contribution in [3.8, 4) is 12.3 Å². The molecule has 0 fully saturated rings. The van der Waals surface area contributed by atoms with Crippen molar-refractivity contribution in [2.75, 3.05) is 6.61 Å². The Bertz CT molecular complexity index is 296. The van der Waals surface area contributed by atoms with E-state index < -0.39 is 22.9 Å². The summed E-state index contributed by atoms with van der Waals surface area (Å²) in [6, 6.07) is 0. The van der Waals surface area contributed by atoms with Gasteiger partial charge < -0.3 is 9.47 Å². The van der Waals surface area contributed by atoms with Crippen LogP contribution in [0.25, 0.3) is 0 Å². The van der Waals surface area contributed by atoms with Crippen LogP contribution in [-0.2, 0) is 19.1 Å². The van der Waals surface area contributed by atoms with E-state index in [4.69, 9.17) is 39.1 Å². The van der Waals surface area contributed by atoms with Crippen LogP contribution in [0.5, 0.6) is 0 Å². The Morgan fingerprint density at radius 3 is 2.41 bits per heavy atom. The van der Waals surface area contributed by atoms with Gasteiger partial charge in [-0.25, -0.2) is 0 Å². The molecule has 0 aliphatic carbocycles. The van der Waals surface area contributed by atoms with Gasteiger partial charge in [0.25, 0.3) is 0 Å².